The van der Waals surface area contributed by atoms with Crippen LogP contribution in [0.3, 0.4) is 0 Å². The second kappa shape index (κ2) is 5.86. The molecule has 0 amide bonds. The molecule has 0 bridgehead atoms. The molecular formula is C17H24O3. The first-order chi connectivity index (χ1) is 9.49. The van der Waals surface area contributed by atoms with E-state index in [1.165, 1.54) is 0 Å². The summed E-state index contributed by atoms with van der Waals surface area (Å²) in [4.78, 5) is 11.9. The second-order valence-corrected chi connectivity index (χ2v) is 6.10. The lowest BCUT2D eigenvalue weighted by atomic mass is 9.69. The van der Waals surface area contributed by atoms with Gasteiger partial charge in [0.25, 0.3) is 0 Å². The van der Waals surface area contributed by atoms with Gasteiger partial charge in [0.15, 0.2) is 0 Å². The van der Waals surface area contributed by atoms with Crippen LogP contribution in [0.1, 0.15) is 63.0 Å². The third kappa shape index (κ3) is 2.67. The molecule has 0 aliphatic heterocycles. The number of rotatable bonds is 4. The molecule has 3 heteroatoms. The van der Waals surface area contributed by atoms with Gasteiger partial charge in [-0.25, -0.2) is 0 Å². The van der Waals surface area contributed by atoms with Crippen molar-refractivity contribution in [1.29, 1.82) is 0 Å². The number of carboxylic acids is 1. The predicted molar refractivity (Wildman–Crippen MR) is 79.5 cm³/mol. The van der Waals surface area contributed by atoms with E-state index in [4.69, 9.17) is 4.74 Å². The summed E-state index contributed by atoms with van der Waals surface area (Å²) in [7, 11) is 1.64. The molecule has 3 nitrogen and oxygen atoms in total. The van der Waals surface area contributed by atoms with Gasteiger partial charge in [0, 0.05) is 0 Å². The van der Waals surface area contributed by atoms with E-state index in [1.807, 2.05) is 12.1 Å². The molecule has 1 aromatic carbocycles. The van der Waals surface area contributed by atoms with Crippen molar-refractivity contribution < 1.29 is 14.6 Å². The van der Waals surface area contributed by atoms with E-state index in [1.54, 1.807) is 7.11 Å². The largest absolute Gasteiger partial charge is 0.497 e. The Labute approximate surface area is 121 Å². The van der Waals surface area contributed by atoms with Crippen molar-refractivity contribution in [3.8, 4) is 5.75 Å². The molecule has 1 N–H and O–H groups in total. The lowest BCUT2D eigenvalue weighted by Gasteiger charge is -2.34. The Morgan fingerprint density at radius 1 is 1.20 bits per heavy atom. The van der Waals surface area contributed by atoms with Gasteiger partial charge in [-0.15, -0.1) is 0 Å². The third-order valence-electron chi connectivity index (χ3n) is 4.50. The zero-order valence-corrected chi connectivity index (χ0v) is 12.6. The predicted octanol–water partition coefficient (Wildman–Crippen LogP) is 4.11. The fourth-order valence-corrected chi connectivity index (χ4v) is 3.13. The third-order valence-corrected chi connectivity index (χ3v) is 4.50. The highest BCUT2D eigenvalue weighted by Gasteiger charge is 2.41. The smallest absolute Gasteiger partial charge is 0.314 e. The van der Waals surface area contributed by atoms with Crippen molar-refractivity contribution in [3.63, 3.8) is 0 Å². The molecule has 0 spiro atoms. The average molecular weight is 276 g/mol. The van der Waals surface area contributed by atoms with Crippen molar-refractivity contribution in [1.82, 2.24) is 0 Å². The minimum absolute atomic E-state index is 0.360. The highest BCUT2D eigenvalue weighted by molar-refractivity contribution is 5.81. The zero-order valence-electron chi connectivity index (χ0n) is 12.6. The molecule has 1 aliphatic carbocycles. The van der Waals surface area contributed by atoms with Gasteiger partial charge >= 0.3 is 5.97 Å². The van der Waals surface area contributed by atoms with Gasteiger partial charge in [-0.2, -0.15) is 0 Å². The van der Waals surface area contributed by atoms with Crippen LogP contribution in [0.25, 0.3) is 0 Å². The van der Waals surface area contributed by atoms with E-state index in [0.29, 0.717) is 5.92 Å². The van der Waals surface area contributed by atoms with Crippen LogP contribution in [0.15, 0.2) is 18.2 Å². The quantitative estimate of drug-likeness (QED) is 0.900. The van der Waals surface area contributed by atoms with E-state index in [0.717, 1.165) is 49.0 Å². The molecule has 20 heavy (non-hydrogen) atoms. The summed E-state index contributed by atoms with van der Waals surface area (Å²) < 4.78 is 5.37. The molecule has 0 unspecified atom stereocenters. The van der Waals surface area contributed by atoms with Gasteiger partial charge in [0.2, 0.25) is 0 Å². The van der Waals surface area contributed by atoms with Crippen LogP contribution >= 0.6 is 0 Å². The number of hydrogen-bond donors (Lipinski definition) is 1. The fraction of sp³-hybridized carbons (Fsp3) is 0.588. The number of hydrogen-bond acceptors (Lipinski definition) is 2. The Balaban J connectivity index is 2.52. The number of carbonyl (C=O) groups is 1. The Hall–Kier alpha value is -1.51. The highest BCUT2D eigenvalue weighted by Crippen LogP contribution is 2.41. The molecular weight excluding hydrogens is 252 g/mol. The summed E-state index contributed by atoms with van der Waals surface area (Å²) in [6.45, 7) is 4.24. The van der Waals surface area contributed by atoms with E-state index in [-0.39, 0.29) is 0 Å². The molecule has 1 saturated carbocycles. The maximum Gasteiger partial charge on any atom is 0.314 e. The monoisotopic (exact) mass is 276 g/mol. The summed E-state index contributed by atoms with van der Waals surface area (Å²) in [5, 5.41) is 9.79. The van der Waals surface area contributed by atoms with Crippen molar-refractivity contribution in [2.45, 2.75) is 57.3 Å². The lowest BCUT2D eigenvalue weighted by Crippen LogP contribution is -2.38. The van der Waals surface area contributed by atoms with Gasteiger partial charge in [-0.3, -0.25) is 4.79 Å². The highest BCUT2D eigenvalue weighted by atomic mass is 16.5. The van der Waals surface area contributed by atoms with Crippen molar-refractivity contribution in [2.24, 2.45) is 0 Å². The van der Waals surface area contributed by atoms with E-state index >= 15 is 0 Å². The van der Waals surface area contributed by atoms with Crippen LogP contribution < -0.4 is 4.74 Å². The van der Waals surface area contributed by atoms with Crippen LogP contribution in [-0.4, -0.2) is 18.2 Å². The van der Waals surface area contributed by atoms with Crippen LogP contribution in [-0.2, 0) is 10.2 Å². The summed E-state index contributed by atoms with van der Waals surface area (Å²) in [6, 6.07) is 5.98. The number of methoxy groups -OCH3 is 1. The van der Waals surface area contributed by atoms with E-state index in [2.05, 4.69) is 19.9 Å². The summed E-state index contributed by atoms with van der Waals surface area (Å²) in [5.41, 5.74) is 1.33. The van der Waals surface area contributed by atoms with E-state index in [9.17, 15) is 9.90 Å². The molecule has 2 rings (SSSR count). The molecule has 0 aromatic heterocycles. The Kier molecular flexibility index (Phi) is 4.36. The topological polar surface area (TPSA) is 46.5 Å². The van der Waals surface area contributed by atoms with E-state index < -0.39 is 11.4 Å². The first kappa shape index (κ1) is 14.9. The van der Waals surface area contributed by atoms with Gasteiger partial charge in [0.05, 0.1) is 12.5 Å². The normalized spacial score (nSPS) is 18.0. The number of ether oxygens (including phenoxy) is 1. The molecule has 0 saturated heterocycles. The zero-order chi connectivity index (χ0) is 14.8. The maximum absolute atomic E-state index is 11.9. The van der Waals surface area contributed by atoms with Crippen molar-refractivity contribution in [3.05, 3.63) is 29.3 Å². The standard InChI is InChI=1S/C17H24O3/c1-12(2)13-9-14(11-15(10-13)20-3)17(16(18)19)7-5-4-6-8-17/h9-12H,4-8H2,1-3H3,(H,18,19). The van der Waals surface area contributed by atoms with Crippen LogP contribution in [0.2, 0.25) is 0 Å². The minimum atomic E-state index is -0.726. The molecule has 110 valence electrons. The van der Waals surface area contributed by atoms with Gasteiger partial charge in [0.1, 0.15) is 5.75 Å². The first-order valence-corrected chi connectivity index (χ1v) is 7.42. The van der Waals surface area contributed by atoms with Crippen molar-refractivity contribution in [2.75, 3.05) is 7.11 Å². The summed E-state index contributed by atoms with van der Waals surface area (Å²) in [6.07, 6.45) is 4.57. The van der Waals surface area contributed by atoms with Gasteiger partial charge in [-0.05, 0) is 42.0 Å². The Bertz CT molecular complexity index is 485. The molecule has 1 aliphatic rings. The van der Waals surface area contributed by atoms with Crippen molar-refractivity contribution >= 4 is 5.97 Å². The second-order valence-electron chi connectivity index (χ2n) is 6.10. The number of aliphatic carboxylic acids is 1. The summed E-state index contributed by atoms with van der Waals surface area (Å²) >= 11 is 0. The van der Waals surface area contributed by atoms with Gasteiger partial charge < -0.3 is 9.84 Å². The van der Waals surface area contributed by atoms with Crippen LogP contribution in [0.4, 0.5) is 0 Å². The molecule has 1 fully saturated rings. The minimum Gasteiger partial charge on any atom is -0.497 e. The SMILES string of the molecule is COc1cc(C(C)C)cc(C2(C(=O)O)CCCCC2)c1. The fourth-order valence-electron chi connectivity index (χ4n) is 3.13. The number of benzene rings is 1. The molecule has 0 radical (unpaired) electrons. The number of carboxylic acid groups (broad SMARTS) is 1. The summed E-state index contributed by atoms with van der Waals surface area (Å²) in [5.74, 6) is 0.427. The molecule has 1 aromatic rings. The van der Waals surface area contributed by atoms with Gasteiger partial charge in [-0.1, -0.05) is 39.2 Å². The average Bonchev–Trinajstić information content (AvgIpc) is 2.47. The first-order valence-electron chi connectivity index (χ1n) is 7.42. The molecule has 0 heterocycles. The molecule has 0 atom stereocenters. The van der Waals surface area contributed by atoms with Crippen LogP contribution in [0, 0.1) is 0 Å². The Morgan fingerprint density at radius 3 is 2.35 bits per heavy atom. The van der Waals surface area contributed by atoms with Crippen LogP contribution in [0.5, 0.6) is 5.75 Å². The maximum atomic E-state index is 11.9. The Morgan fingerprint density at radius 2 is 1.85 bits per heavy atom. The lowest BCUT2D eigenvalue weighted by molar-refractivity contribution is -0.145.